The number of sulfonamides is 1. The van der Waals surface area contributed by atoms with Crippen LogP contribution in [0, 0.1) is 23.2 Å². The molecule has 6 nitrogen and oxygen atoms in total. The number of ketones is 1. The average Bonchev–Trinajstić information content (AvgIpc) is 2.39. The van der Waals surface area contributed by atoms with Gasteiger partial charge in [0.15, 0.2) is 6.61 Å². The van der Waals surface area contributed by atoms with Crippen molar-refractivity contribution >= 4 is 21.8 Å². The summed E-state index contributed by atoms with van der Waals surface area (Å²) in [4.78, 5) is 24.3. The Bertz CT molecular complexity index is 614. The van der Waals surface area contributed by atoms with Crippen molar-refractivity contribution in [2.24, 2.45) is 28.3 Å². The highest BCUT2D eigenvalue weighted by molar-refractivity contribution is 7.90. The molecular weight excluding hydrogens is 320 g/mol. The lowest BCUT2D eigenvalue weighted by Gasteiger charge is -2.53. The Morgan fingerprint density at radius 2 is 1.82 bits per heavy atom. The minimum Gasteiger partial charge on any atom is -0.458 e. The first-order valence-electron chi connectivity index (χ1n) is 7.15. The maximum atomic E-state index is 13.3. The van der Waals surface area contributed by atoms with Crippen LogP contribution in [-0.4, -0.2) is 32.0 Å². The molecule has 4 fully saturated rings. The summed E-state index contributed by atoms with van der Waals surface area (Å²) in [5.41, 5.74) is -0.918. The third kappa shape index (κ3) is 2.34. The highest BCUT2D eigenvalue weighted by Gasteiger charge is 2.59. The van der Waals surface area contributed by atoms with E-state index in [4.69, 9.17) is 0 Å². The number of rotatable bonds is 4. The van der Waals surface area contributed by atoms with E-state index in [2.05, 4.69) is 9.88 Å². The van der Waals surface area contributed by atoms with Gasteiger partial charge in [0.1, 0.15) is 5.78 Å². The van der Waals surface area contributed by atoms with Gasteiger partial charge in [0.05, 0.1) is 5.41 Å². The lowest BCUT2D eigenvalue weighted by molar-refractivity contribution is -0.178. The number of halogens is 2. The van der Waals surface area contributed by atoms with Crippen LogP contribution in [0.4, 0.5) is 8.78 Å². The fourth-order valence-electron chi connectivity index (χ4n) is 4.38. The fraction of sp³-hybridized carbons (Fsp3) is 0.846. The Hall–Kier alpha value is -1.09. The molecule has 4 aliphatic rings. The molecular formula is C13H17F2NO5S. The van der Waals surface area contributed by atoms with Crippen molar-refractivity contribution in [3.63, 3.8) is 0 Å². The number of hydrogen-bond donors (Lipinski definition) is 1. The molecule has 2 N–H and O–H groups in total. The highest BCUT2D eigenvalue weighted by atomic mass is 32.2. The number of Topliss-reactive ketones (excluding diaryl/α,β-unsaturated/α-hetero) is 1. The Morgan fingerprint density at radius 1 is 1.27 bits per heavy atom. The maximum absolute atomic E-state index is 13.3. The normalized spacial score (nSPS) is 37.4. The van der Waals surface area contributed by atoms with E-state index in [1.807, 2.05) is 0 Å². The van der Waals surface area contributed by atoms with Gasteiger partial charge < -0.3 is 4.74 Å². The molecule has 0 spiro atoms. The molecule has 0 aliphatic heterocycles. The molecule has 4 rings (SSSR count). The summed E-state index contributed by atoms with van der Waals surface area (Å²) in [5, 5.41) is 0.105. The number of esters is 1. The molecule has 0 amide bonds. The smallest absolute Gasteiger partial charge is 0.391 e. The summed E-state index contributed by atoms with van der Waals surface area (Å²) in [6.45, 7) is -1.58. The summed E-state index contributed by atoms with van der Waals surface area (Å²) in [7, 11) is -5.13. The first-order chi connectivity index (χ1) is 10.0. The van der Waals surface area contributed by atoms with Crippen molar-refractivity contribution in [3.8, 4) is 0 Å². The molecule has 22 heavy (non-hydrogen) atoms. The predicted molar refractivity (Wildman–Crippen MR) is 70.0 cm³/mol. The number of hydrogen-bond acceptors (Lipinski definition) is 5. The summed E-state index contributed by atoms with van der Waals surface area (Å²) in [5.74, 6) is -0.825. The molecule has 9 heteroatoms. The van der Waals surface area contributed by atoms with Crippen LogP contribution in [0.3, 0.4) is 0 Å². The van der Waals surface area contributed by atoms with E-state index in [1.165, 1.54) is 0 Å². The van der Waals surface area contributed by atoms with Gasteiger partial charge in [-0.3, -0.25) is 9.59 Å². The van der Waals surface area contributed by atoms with E-state index in [9.17, 15) is 26.8 Å². The summed E-state index contributed by atoms with van der Waals surface area (Å²) in [6, 6.07) is 0. The standard InChI is InChI=1S/C13H17F2NO5S/c14-13(15,22(16,19)20)6-21-11(18)12-3-7-1-8(4-12)10(17)9(2-7)5-12/h7-9H,1-6H2,(H2,16,19,20). The molecule has 4 saturated carbocycles. The Kier molecular flexibility index (Phi) is 3.38. The third-order valence-electron chi connectivity index (χ3n) is 5.21. The van der Waals surface area contributed by atoms with Crippen LogP contribution in [0.1, 0.15) is 32.1 Å². The van der Waals surface area contributed by atoms with Crippen molar-refractivity contribution in [2.45, 2.75) is 37.4 Å². The van der Waals surface area contributed by atoms with Crippen LogP contribution < -0.4 is 5.14 Å². The monoisotopic (exact) mass is 337 g/mol. The molecule has 2 atom stereocenters. The quantitative estimate of drug-likeness (QED) is 0.765. The van der Waals surface area contributed by atoms with Crippen LogP contribution in [0.15, 0.2) is 0 Å². The van der Waals surface area contributed by atoms with Crippen LogP contribution in [0.2, 0.25) is 0 Å². The topological polar surface area (TPSA) is 104 Å². The number of carbonyl (C=O) groups is 2. The molecule has 4 aliphatic carbocycles. The van der Waals surface area contributed by atoms with Gasteiger partial charge in [0.2, 0.25) is 0 Å². The number of ether oxygens (including phenoxy) is 1. The van der Waals surface area contributed by atoms with Crippen LogP contribution in [0.5, 0.6) is 0 Å². The molecule has 0 aromatic heterocycles. The molecule has 0 radical (unpaired) electrons. The summed E-state index contributed by atoms with van der Waals surface area (Å²) < 4.78 is 52.7. The van der Waals surface area contributed by atoms with Gasteiger partial charge in [-0.05, 0) is 38.0 Å². The number of carbonyl (C=O) groups excluding carboxylic acids is 2. The van der Waals surface area contributed by atoms with Crippen LogP contribution >= 0.6 is 0 Å². The number of primary sulfonamides is 1. The SMILES string of the molecule is NS(=O)(=O)C(F)(F)COC(=O)C12CC3CC(C1)C(=O)C(C3)C2. The average molecular weight is 337 g/mol. The van der Waals surface area contributed by atoms with E-state index >= 15 is 0 Å². The van der Waals surface area contributed by atoms with E-state index in [-0.39, 0.29) is 23.5 Å². The maximum Gasteiger partial charge on any atom is 0.391 e. The van der Waals surface area contributed by atoms with Gasteiger partial charge in [-0.15, -0.1) is 0 Å². The Labute approximate surface area is 126 Å². The van der Waals surface area contributed by atoms with Gasteiger partial charge >= 0.3 is 11.2 Å². The van der Waals surface area contributed by atoms with Crippen molar-refractivity contribution in [1.82, 2.24) is 0 Å². The van der Waals surface area contributed by atoms with E-state index in [1.54, 1.807) is 0 Å². The molecule has 124 valence electrons. The molecule has 0 saturated heterocycles. The number of nitrogens with two attached hydrogens (primary N) is 1. The zero-order valence-corrected chi connectivity index (χ0v) is 12.6. The Morgan fingerprint density at radius 3 is 2.32 bits per heavy atom. The third-order valence-corrected chi connectivity index (χ3v) is 6.17. The van der Waals surface area contributed by atoms with Gasteiger partial charge in [0, 0.05) is 11.8 Å². The van der Waals surface area contributed by atoms with E-state index in [0.29, 0.717) is 19.3 Å². The van der Waals surface area contributed by atoms with Gasteiger partial charge in [-0.25, -0.2) is 13.6 Å². The second-order valence-electron chi connectivity index (χ2n) is 6.78. The summed E-state index contributed by atoms with van der Waals surface area (Å²) >= 11 is 0. The molecule has 0 heterocycles. The van der Waals surface area contributed by atoms with E-state index < -0.39 is 33.3 Å². The Balaban J connectivity index is 1.72. The lowest BCUT2D eigenvalue weighted by Crippen LogP contribution is -2.55. The van der Waals surface area contributed by atoms with E-state index in [0.717, 1.165) is 12.8 Å². The van der Waals surface area contributed by atoms with Crippen molar-refractivity contribution in [3.05, 3.63) is 0 Å². The fourth-order valence-corrected chi connectivity index (χ4v) is 4.61. The highest BCUT2D eigenvalue weighted by Crippen LogP contribution is 2.59. The first kappa shape index (κ1) is 15.8. The molecule has 2 unspecified atom stereocenters. The van der Waals surface area contributed by atoms with Gasteiger partial charge in [0.25, 0.3) is 10.0 Å². The minimum absolute atomic E-state index is 0.161. The second kappa shape index (κ2) is 4.70. The lowest BCUT2D eigenvalue weighted by atomic mass is 9.49. The molecule has 0 aromatic rings. The summed E-state index contributed by atoms with van der Waals surface area (Å²) in [6.07, 6.45) is 2.65. The zero-order valence-electron chi connectivity index (χ0n) is 11.8. The molecule has 4 bridgehead atoms. The number of alkyl halides is 2. The predicted octanol–water partition coefficient (Wildman–Crippen LogP) is 0.806. The van der Waals surface area contributed by atoms with Crippen LogP contribution in [-0.2, 0) is 24.3 Å². The van der Waals surface area contributed by atoms with Gasteiger partial charge in [-0.2, -0.15) is 8.78 Å². The van der Waals surface area contributed by atoms with Crippen LogP contribution in [0.25, 0.3) is 0 Å². The minimum atomic E-state index is -5.13. The molecule has 0 aromatic carbocycles. The first-order valence-corrected chi connectivity index (χ1v) is 8.70. The van der Waals surface area contributed by atoms with Gasteiger partial charge in [-0.1, -0.05) is 0 Å². The zero-order chi connectivity index (χ0) is 16.3. The van der Waals surface area contributed by atoms with Crippen molar-refractivity contribution < 1.29 is 31.5 Å². The largest absolute Gasteiger partial charge is 0.458 e. The van der Waals surface area contributed by atoms with Crippen molar-refractivity contribution in [2.75, 3.05) is 6.61 Å². The van der Waals surface area contributed by atoms with Crippen molar-refractivity contribution in [1.29, 1.82) is 0 Å². The second-order valence-corrected chi connectivity index (χ2v) is 8.47.